The number of carboxylic acids is 1. The van der Waals surface area contributed by atoms with E-state index in [0.717, 1.165) is 81.3 Å². The minimum Gasteiger partial charge on any atom is -0.481 e. The number of hydrogen-bond acceptors (Lipinski definition) is 5. The van der Waals surface area contributed by atoms with Crippen LogP contribution in [0.2, 0.25) is 0 Å². The van der Waals surface area contributed by atoms with Crippen molar-refractivity contribution < 1.29 is 24.2 Å². The number of carboxylic acid groups (broad SMARTS) is 1. The first kappa shape index (κ1) is 33.1. The van der Waals surface area contributed by atoms with Gasteiger partial charge in [-0.2, -0.15) is 0 Å². The van der Waals surface area contributed by atoms with Crippen LogP contribution in [0.3, 0.4) is 0 Å². The Morgan fingerprint density at radius 1 is 0.896 bits per heavy atom. The summed E-state index contributed by atoms with van der Waals surface area (Å²) in [6.45, 7) is 16.9. The molecule has 1 aromatic carbocycles. The zero-order chi connectivity index (χ0) is 34.3. The number of allylic oxidation sites excluding steroid dienone is 7. The van der Waals surface area contributed by atoms with Crippen LogP contribution < -0.4 is 0 Å². The molecule has 7 rings (SSSR count). The number of benzene rings is 1. The molecule has 6 atom stereocenters. The van der Waals surface area contributed by atoms with Crippen LogP contribution in [-0.4, -0.2) is 58.9 Å². The van der Waals surface area contributed by atoms with Gasteiger partial charge in [0.05, 0.1) is 5.41 Å². The number of carbonyl (C=O) groups excluding carboxylic acids is 2. The molecule has 1 heterocycles. The molecular formula is C41H52N2O5. The third-order valence-corrected chi connectivity index (χ3v) is 14.4. The van der Waals surface area contributed by atoms with E-state index < -0.39 is 17.5 Å². The maximum absolute atomic E-state index is 13.8. The predicted octanol–water partition coefficient (Wildman–Crippen LogP) is 8.09. The summed E-state index contributed by atoms with van der Waals surface area (Å²) in [5.74, 6) is -0.459. The van der Waals surface area contributed by atoms with E-state index >= 15 is 0 Å². The molecule has 1 amide bonds. The molecule has 0 radical (unpaired) electrons. The first-order chi connectivity index (χ1) is 22.6. The fraction of sp³-hybridized carbons (Fsp3) is 0.585. The van der Waals surface area contributed by atoms with Crippen molar-refractivity contribution in [2.24, 2.45) is 33.0 Å². The van der Waals surface area contributed by atoms with Crippen LogP contribution in [-0.2, 0) is 20.9 Å². The van der Waals surface area contributed by atoms with Gasteiger partial charge >= 0.3 is 12.1 Å². The Hall–Kier alpha value is -3.45. The molecule has 7 heteroatoms. The molecule has 7 nitrogen and oxygen atoms in total. The lowest BCUT2D eigenvalue weighted by Crippen LogP contribution is -2.62. The number of amides is 1. The molecule has 1 aliphatic heterocycles. The lowest BCUT2D eigenvalue weighted by Gasteiger charge is -2.70. The molecule has 5 aliphatic carbocycles. The zero-order valence-corrected chi connectivity index (χ0v) is 29.7. The zero-order valence-electron chi connectivity index (χ0n) is 29.7. The summed E-state index contributed by atoms with van der Waals surface area (Å²) in [7, 11) is 0. The van der Waals surface area contributed by atoms with Crippen LogP contribution in [0.5, 0.6) is 0 Å². The summed E-state index contributed by atoms with van der Waals surface area (Å²) >= 11 is 0. The van der Waals surface area contributed by atoms with E-state index in [1.54, 1.807) is 11.0 Å². The fourth-order valence-corrected chi connectivity index (χ4v) is 10.9. The number of carbonyl (C=O) groups is 3. The van der Waals surface area contributed by atoms with E-state index in [9.17, 15) is 19.5 Å². The summed E-state index contributed by atoms with van der Waals surface area (Å²) in [4.78, 5) is 43.7. The Morgan fingerprint density at radius 3 is 2.27 bits per heavy atom. The van der Waals surface area contributed by atoms with Crippen LogP contribution in [0.15, 0.2) is 76.6 Å². The van der Waals surface area contributed by atoms with Gasteiger partial charge in [-0.25, -0.2) is 4.79 Å². The second kappa shape index (κ2) is 11.3. The molecule has 48 heavy (non-hydrogen) atoms. The van der Waals surface area contributed by atoms with Crippen molar-refractivity contribution in [1.82, 2.24) is 9.80 Å². The van der Waals surface area contributed by atoms with Crippen LogP contribution in [0, 0.1) is 33.0 Å². The topological polar surface area (TPSA) is 87.2 Å². The van der Waals surface area contributed by atoms with Crippen molar-refractivity contribution in [2.75, 3.05) is 26.2 Å². The molecule has 1 aromatic rings. The van der Waals surface area contributed by atoms with Gasteiger partial charge in [0, 0.05) is 43.7 Å². The number of rotatable bonds is 4. The van der Waals surface area contributed by atoms with Gasteiger partial charge in [-0.05, 0) is 104 Å². The smallest absolute Gasteiger partial charge is 0.415 e. The van der Waals surface area contributed by atoms with Gasteiger partial charge in [-0.3, -0.25) is 14.5 Å². The van der Waals surface area contributed by atoms with Gasteiger partial charge in [0.15, 0.2) is 5.76 Å². The average Bonchev–Trinajstić information content (AvgIpc) is 3.06. The molecule has 0 bridgehead atoms. The van der Waals surface area contributed by atoms with Crippen molar-refractivity contribution in [1.29, 1.82) is 0 Å². The third kappa shape index (κ3) is 4.89. The molecule has 0 unspecified atom stereocenters. The lowest BCUT2D eigenvalue weighted by atomic mass is 9.34. The molecule has 3 saturated carbocycles. The van der Waals surface area contributed by atoms with Crippen molar-refractivity contribution in [3.8, 4) is 0 Å². The molecule has 0 spiro atoms. The summed E-state index contributed by atoms with van der Waals surface area (Å²) in [5, 5.41) is 10.2. The second-order valence-electron chi connectivity index (χ2n) is 17.0. The molecule has 256 valence electrons. The highest BCUT2D eigenvalue weighted by Gasteiger charge is 2.67. The fourth-order valence-electron chi connectivity index (χ4n) is 10.9. The highest BCUT2D eigenvalue weighted by molar-refractivity contribution is 6.08. The van der Waals surface area contributed by atoms with Crippen LogP contribution >= 0.6 is 0 Å². The quantitative estimate of drug-likeness (QED) is 0.354. The van der Waals surface area contributed by atoms with Crippen molar-refractivity contribution in [3.63, 3.8) is 0 Å². The van der Waals surface area contributed by atoms with Gasteiger partial charge in [-0.1, -0.05) is 75.8 Å². The first-order valence-corrected chi connectivity index (χ1v) is 18.0. The largest absolute Gasteiger partial charge is 0.481 e. The van der Waals surface area contributed by atoms with Crippen LogP contribution in [0.25, 0.3) is 0 Å². The average molecular weight is 653 g/mol. The van der Waals surface area contributed by atoms with E-state index in [0.29, 0.717) is 19.0 Å². The monoisotopic (exact) mass is 652 g/mol. The van der Waals surface area contributed by atoms with Crippen molar-refractivity contribution in [3.05, 3.63) is 82.2 Å². The number of ketones is 1. The van der Waals surface area contributed by atoms with Crippen molar-refractivity contribution >= 4 is 17.8 Å². The Bertz CT molecular complexity index is 1680. The Labute approximate surface area is 285 Å². The van der Waals surface area contributed by atoms with E-state index in [2.05, 4.69) is 56.9 Å². The molecule has 1 N–H and O–H groups in total. The first-order valence-electron chi connectivity index (χ1n) is 18.0. The lowest BCUT2D eigenvalue weighted by molar-refractivity contribution is -0.178. The highest BCUT2D eigenvalue weighted by Crippen LogP contribution is 2.75. The summed E-state index contributed by atoms with van der Waals surface area (Å²) in [5.41, 5.74) is 4.33. The number of fused-ring (bicyclic) bond motifs is 7. The van der Waals surface area contributed by atoms with E-state index in [-0.39, 0.29) is 33.2 Å². The third-order valence-electron chi connectivity index (χ3n) is 14.4. The van der Waals surface area contributed by atoms with Gasteiger partial charge in [0.25, 0.3) is 0 Å². The number of nitrogens with zero attached hydrogens (tertiary/aromatic N) is 2. The standard InChI is InChI=1S/C41H52N2O5/c1-27-29-12-13-32-39(4,17-19-41(6)33-25-38(3,35(45)46)15-14-37(33,2)16-18-40(32,41)5)30(29)24-31(44)34(27)48-36(47)43-22-20-42(21-23-43)26-28-10-8-7-9-11-28/h7-13,24,33H,14-23,25-26H2,1-6H3,(H,45,46)/t33-,37-,38-,39+,40-,41+/m1/s1. The Kier molecular flexibility index (Phi) is 7.78. The SMILES string of the molecule is CC1=C(OC(=O)N2CCN(Cc3ccccc3)CC2)C(=O)C=C2C1=CC=C1[C@@]2(C)CC[C@@]2(C)[C@@H]3C[C@](C)(C(=O)O)CC[C@]3(C)CC[C@]12C. The molecule has 0 aromatic heterocycles. The molecule has 6 aliphatic rings. The Balaban J connectivity index is 1.12. The summed E-state index contributed by atoms with van der Waals surface area (Å²) in [6, 6.07) is 10.3. The summed E-state index contributed by atoms with van der Waals surface area (Å²) in [6.07, 6.45) is 12.2. The van der Waals surface area contributed by atoms with E-state index in [1.807, 2.05) is 32.0 Å². The normalized spacial score (nSPS) is 38.0. The number of hydrogen-bond donors (Lipinski definition) is 1. The van der Waals surface area contributed by atoms with Gasteiger partial charge in [-0.15, -0.1) is 0 Å². The number of ether oxygens (including phenoxy) is 1. The molecule has 4 fully saturated rings. The maximum atomic E-state index is 13.8. The van der Waals surface area contributed by atoms with Gasteiger partial charge in [0.2, 0.25) is 5.78 Å². The minimum absolute atomic E-state index is 0.0518. The van der Waals surface area contributed by atoms with E-state index in [4.69, 9.17) is 4.74 Å². The van der Waals surface area contributed by atoms with Gasteiger partial charge in [0.1, 0.15) is 0 Å². The highest BCUT2D eigenvalue weighted by atomic mass is 16.6. The molecular weight excluding hydrogens is 600 g/mol. The van der Waals surface area contributed by atoms with Crippen LogP contribution in [0.4, 0.5) is 4.79 Å². The van der Waals surface area contributed by atoms with E-state index in [1.165, 1.54) is 11.1 Å². The van der Waals surface area contributed by atoms with Gasteiger partial charge < -0.3 is 14.7 Å². The number of aliphatic carboxylic acids is 1. The van der Waals surface area contributed by atoms with Crippen molar-refractivity contribution in [2.45, 2.75) is 93.0 Å². The maximum Gasteiger partial charge on any atom is 0.415 e. The van der Waals surface area contributed by atoms with Crippen LogP contribution in [0.1, 0.15) is 92.1 Å². The predicted molar refractivity (Wildman–Crippen MR) is 186 cm³/mol. The number of piperazine rings is 1. The minimum atomic E-state index is -0.690. The summed E-state index contributed by atoms with van der Waals surface area (Å²) < 4.78 is 5.90. The Morgan fingerprint density at radius 2 is 1.58 bits per heavy atom. The second-order valence-corrected chi connectivity index (χ2v) is 17.0. The molecule has 1 saturated heterocycles.